The monoisotopic (exact) mass is 417 g/mol. The number of nitrogens with one attached hydrogen (secondary N) is 3. The summed E-state index contributed by atoms with van der Waals surface area (Å²) < 4.78 is 0. The molecule has 0 saturated carbocycles. The molecule has 0 spiro atoms. The topological polar surface area (TPSA) is 99.8 Å². The lowest BCUT2D eigenvalue weighted by Crippen LogP contribution is -2.44. The van der Waals surface area contributed by atoms with E-state index in [9.17, 15) is 9.59 Å². The van der Waals surface area contributed by atoms with Crippen LogP contribution in [0, 0.1) is 0 Å². The molecule has 1 aromatic carbocycles. The Morgan fingerprint density at radius 1 is 1.13 bits per heavy atom. The smallest absolute Gasteiger partial charge is 0.270 e. The van der Waals surface area contributed by atoms with Crippen molar-refractivity contribution in [2.45, 2.75) is 25.2 Å². The number of hydrogen-bond acceptors (Lipinski definition) is 5. The summed E-state index contributed by atoms with van der Waals surface area (Å²) in [7, 11) is 0. The highest BCUT2D eigenvalue weighted by Gasteiger charge is 2.28. The average Bonchev–Trinajstić information content (AvgIpc) is 3.48. The van der Waals surface area contributed by atoms with Gasteiger partial charge < -0.3 is 0 Å². The second-order valence-electron chi connectivity index (χ2n) is 7.24. The van der Waals surface area contributed by atoms with Crippen molar-refractivity contribution < 1.29 is 9.59 Å². The first-order valence-corrected chi connectivity index (χ1v) is 10.6. The minimum absolute atomic E-state index is 0.234. The largest absolute Gasteiger partial charge is 0.282 e. The van der Waals surface area contributed by atoms with Crippen LogP contribution in [0.15, 0.2) is 54.0 Å². The number of H-pyrrole nitrogens is 1. The van der Waals surface area contributed by atoms with Crippen molar-refractivity contribution in [3.8, 4) is 10.6 Å². The van der Waals surface area contributed by atoms with Gasteiger partial charge in [-0.3, -0.25) is 25.5 Å². The molecule has 4 aromatic rings. The van der Waals surface area contributed by atoms with E-state index in [1.54, 1.807) is 23.6 Å². The van der Waals surface area contributed by atoms with Crippen molar-refractivity contribution in [3.63, 3.8) is 0 Å². The number of thiophene rings is 1. The van der Waals surface area contributed by atoms with E-state index in [0.29, 0.717) is 5.56 Å². The Morgan fingerprint density at radius 2 is 2.03 bits per heavy atom. The second-order valence-corrected chi connectivity index (χ2v) is 8.19. The molecule has 1 unspecified atom stereocenters. The highest BCUT2D eigenvalue weighted by Crippen LogP contribution is 2.30. The van der Waals surface area contributed by atoms with Crippen molar-refractivity contribution >= 4 is 34.1 Å². The summed E-state index contributed by atoms with van der Waals surface area (Å²) in [5.41, 5.74) is 9.02. The van der Waals surface area contributed by atoms with E-state index in [-0.39, 0.29) is 17.7 Å². The average molecular weight is 417 g/mol. The fourth-order valence-corrected chi connectivity index (χ4v) is 4.61. The van der Waals surface area contributed by atoms with Gasteiger partial charge in [0.25, 0.3) is 5.91 Å². The van der Waals surface area contributed by atoms with E-state index < -0.39 is 0 Å². The Hall–Kier alpha value is -3.52. The van der Waals surface area contributed by atoms with Crippen molar-refractivity contribution in [1.29, 1.82) is 0 Å². The molecule has 3 aromatic heterocycles. The van der Waals surface area contributed by atoms with Crippen LogP contribution in [0.25, 0.3) is 21.5 Å². The van der Waals surface area contributed by atoms with Crippen molar-refractivity contribution in [3.05, 3.63) is 70.9 Å². The number of amides is 2. The third-order valence-corrected chi connectivity index (χ3v) is 6.29. The summed E-state index contributed by atoms with van der Waals surface area (Å²) in [6.07, 6.45) is 4.22. The summed E-state index contributed by atoms with van der Waals surface area (Å²) in [6.45, 7) is 0. The van der Waals surface area contributed by atoms with Gasteiger partial charge in [0, 0.05) is 16.6 Å². The number of carbonyl (C=O) groups is 2. The maximum absolute atomic E-state index is 13.0. The highest BCUT2D eigenvalue weighted by molar-refractivity contribution is 7.13. The molecule has 1 aliphatic rings. The zero-order chi connectivity index (χ0) is 20.5. The number of rotatable bonds is 3. The first kappa shape index (κ1) is 18.5. The molecule has 0 aliphatic heterocycles. The van der Waals surface area contributed by atoms with Gasteiger partial charge in [0.2, 0.25) is 5.91 Å². The lowest BCUT2D eigenvalue weighted by atomic mass is 9.87. The SMILES string of the molecule is O=C(NNC(=O)C1CCCc2[nH]ncc21)c1cc(-c2cccs2)nc2ccccc12. The summed E-state index contributed by atoms with van der Waals surface area (Å²) in [6, 6.07) is 13.2. The van der Waals surface area contributed by atoms with E-state index in [0.717, 1.165) is 52.0 Å². The quantitative estimate of drug-likeness (QED) is 0.444. The standard InChI is InChI=1S/C22H19N5O2S/c28-21(14-6-3-8-18-16(14)12-23-25-18)26-27-22(29)15-11-19(20-9-4-10-30-20)24-17-7-2-1-5-13(15)17/h1-2,4-5,7,9-12,14H,3,6,8H2,(H,23,25)(H,26,28)(H,27,29). The normalized spacial score (nSPS) is 15.5. The lowest BCUT2D eigenvalue weighted by Gasteiger charge is -2.21. The van der Waals surface area contributed by atoms with Crippen LogP contribution in [-0.2, 0) is 11.2 Å². The van der Waals surface area contributed by atoms with Gasteiger partial charge in [-0.25, -0.2) is 4.98 Å². The minimum atomic E-state index is -0.372. The van der Waals surface area contributed by atoms with Gasteiger partial charge in [0.1, 0.15) is 0 Å². The number of aromatic amines is 1. The van der Waals surface area contributed by atoms with E-state index in [2.05, 4.69) is 26.0 Å². The third kappa shape index (κ3) is 3.35. The molecule has 7 nitrogen and oxygen atoms in total. The summed E-state index contributed by atoms with van der Waals surface area (Å²) >= 11 is 1.56. The van der Waals surface area contributed by atoms with Crippen LogP contribution in [0.4, 0.5) is 0 Å². The van der Waals surface area contributed by atoms with Crippen LogP contribution in [0.3, 0.4) is 0 Å². The van der Waals surface area contributed by atoms with Crippen molar-refractivity contribution in [2.24, 2.45) is 0 Å². The van der Waals surface area contributed by atoms with Crippen molar-refractivity contribution in [2.75, 3.05) is 0 Å². The maximum atomic E-state index is 13.0. The molecule has 0 fully saturated rings. The number of carbonyl (C=O) groups excluding carboxylic acids is 2. The predicted octanol–water partition coefficient (Wildman–Crippen LogP) is 3.57. The van der Waals surface area contributed by atoms with E-state index in [1.165, 1.54) is 0 Å². The van der Waals surface area contributed by atoms with Crippen LogP contribution in [0.5, 0.6) is 0 Å². The van der Waals surface area contributed by atoms with Crippen LogP contribution >= 0.6 is 11.3 Å². The Bertz CT molecular complexity index is 1230. The van der Waals surface area contributed by atoms with Crippen LogP contribution < -0.4 is 10.9 Å². The molecule has 0 bridgehead atoms. The van der Waals surface area contributed by atoms with Gasteiger partial charge in [-0.15, -0.1) is 11.3 Å². The summed E-state index contributed by atoms with van der Waals surface area (Å²) in [4.78, 5) is 31.4. The Kier molecular flexibility index (Phi) is 4.76. The Balaban J connectivity index is 1.40. The van der Waals surface area contributed by atoms with Crippen LogP contribution in [-0.4, -0.2) is 27.0 Å². The maximum Gasteiger partial charge on any atom is 0.270 e. The molecule has 0 saturated heterocycles. The van der Waals surface area contributed by atoms with Crippen LogP contribution in [0.2, 0.25) is 0 Å². The molecule has 150 valence electrons. The molecule has 30 heavy (non-hydrogen) atoms. The third-order valence-electron chi connectivity index (χ3n) is 5.40. The molecule has 3 heterocycles. The Labute approximate surface area is 176 Å². The predicted molar refractivity (Wildman–Crippen MR) is 115 cm³/mol. The zero-order valence-corrected chi connectivity index (χ0v) is 16.8. The molecule has 8 heteroatoms. The number of nitrogens with zero attached hydrogens (tertiary/aromatic N) is 2. The number of hydrazine groups is 1. The fourth-order valence-electron chi connectivity index (χ4n) is 3.92. The van der Waals surface area contributed by atoms with Gasteiger partial charge in [0.15, 0.2) is 0 Å². The summed E-state index contributed by atoms with van der Waals surface area (Å²) in [5.74, 6) is -0.922. The zero-order valence-electron chi connectivity index (χ0n) is 16.0. The summed E-state index contributed by atoms with van der Waals surface area (Å²) in [5, 5.41) is 9.71. The molecule has 2 amide bonds. The fraction of sp³-hybridized carbons (Fsp3) is 0.182. The number of aryl methyl sites for hydroxylation is 1. The number of hydrogen-bond donors (Lipinski definition) is 3. The van der Waals surface area contributed by atoms with Crippen molar-refractivity contribution in [1.82, 2.24) is 26.0 Å². The molecule has 0 radical (unpaired) electrons. The van der Waals surface area contributed by atoms with Gasteiger partial charge >= 0.3 is 0 Å². The molecule has 1 atom stereocenters. The number of benzene rings is 1. The first-order valence-electron chi connectivity index (χ1n) is 9.76. The van der Waals surface area contributed by atoms with E-state index in [1.807, 2.05) is 41.8 Å². The number of fused-ring (bicyclic) bond motifs is 2. The number of pyridine rings is 1. The molecule has 5 rings (SSSR count). The van der Waals surface area contributed by atoms with E-state index >= 15 is 0 Å². The van der Waals surface area contributed by atoms with Gasteiger partial charge in [-0.2, -0.15) is 5.10 Å². The lowest BCUT2D eigenvalue weighted by molar-refractivity contribution is -0.123. The number of aromatic nitrogens is 3. The van der Waals surface area contributed by atoms with Gasteiger partial charge in [-0.1, -0.05) is 24.3 Å². The van der Waals surface area contributed by atoms with Crippen LogP contribution in [0.1, 0.15) is 40.4 Å². The second kappa shape index (κ2) is 7.72. The highest BCUT2D eigenvalue weighted by atomic mass is 32.1. The molecule has 3 N–H and O–H groups in total. The number of para-hydroxylation sites is 1. The first-order chi connectivity index (χ1) is 14.7. The molecule has 1 aliphatic carbocycles. The van der Waals surface area contributed by atoms with Gasteiger partial charge in [-0.05, 0) is 42.8 Å². The van der Waals surface area contributed by atoms with Gasteiger partial charge in [0.05, 0.1) is 33.8 Å². The molecular weight excluding hydrogens is 398 g/mol. The minimum Gasteiger partial charge on any atom is -0.282 e. The molecular formula is C22H19N5O2S. The Morgan fingerprint density at radius 3 is 2.90 bits per heavy atom. The van der Waals surface area contributed by atoms with E-state index in [4.69, 9.17) is 0 Å².